The topological polar surface area (TPSA) is 67.9 Å². The zero-order valence-corrected chi connectivity index (χ0v) is 15.3. The van der Waals surface area contributed by atoms with E-state index in [1.54, 1.807) is 19.1 Å². The summed E-state index contributed by atoms with van der Waals surface area (Å²) in [5.41, 5.74) is 0.837. The van der Waals surface area contributed by atoms with Crippen LogP contribution >= 0.6 is 11.8 Å². The van der Waals surface area contributed by atoms with E-state index in [-0.39, 0.29) is 23.7 Å². The van der Waals surface area contributed by atoms with Crippen molar-refractivity contribution in [3.63, 3.8) is 0 Å². The molecular weight excluding hydrogens is 328 g/mol. The van der Waals surface area contributed by atoms with Crippen LogP contribution in [0.5, 0.6) is 11.5 Å². The number of hydrogen-bond acceptors (Lipinski definition) is 5. The lowest BCUT2D eigenvalue weighted by Crippen LogP contribution is -2.40. The number of nitrogens with zero attached hydrogens (tertiary/aromatic N) is 1. The van der Waals surface area contributed by atoms with Crippen LogP contribution in [0.15, 0.2) is 18.2 Å². The average molecular weight is 352 g/mol. The summed E-state index contributed by atoms with van der Waals surface area (Å²) >= 11 is 1.49. The fraction of sp³-hybridized carbons (Fsp3) is 0.529. The maximum Gasteiger partial charge on any atom is 0.239 e. The Morgan fingerprint density at radius 1 is 1.38 bits per heavy atom. The molecule has 1 aliphatic heterocycles. The van der Waals surface area contributed by atoms with Gasteiger partial charge in [-0.05, 0) is 24.1 Å². The van der Waals surface area contributed by atoms with Crippen molar-refractivity contribution in [3.8, 4) is 11.5 Å². The summed E-state index contributed by atoms with van der Waals surface area (Å²) in [6, 6.07) is 5.48. The predicted molar refractivity (Wildman–Crippen MR) is 94.3 cm³/mol. The van der Waals surface area contributed by atoms with Gasteiger partial charge in [0.05, 0.1) is 20.0 Å². The maximum absolute atomic E-state index is 12.2. The molecule has 0 bridgehead atoms. The lowest BCUT2D eigenvalue weighted by Gasteiger charge is -2.25. The van der Waals surface area contributed by atoms with Gasteiger partial charge in [0.1, 0.15) is 23.4 Å². The number of rotatable bonds is 7. The number of nitrogens with one attached hydrogen (secondary N) is 1. The largest absolute Gasteiger partial charge is 0.497 e. The van der Waals surface area contributed by atoms with Crippen molar-refractivity contribution in [1.29, 1.82) is 0 Å². The van der Waals surface area contributed by atoms with Gasteiger partial charge in [-0.25, -0.2) is 0 Å². The normalized spacial score (nSPS) is 17.3. The lowest BCUT2D eigenvalue weighted by molar-refractivity contribution is -0.133. The van der Waals surface area contributed by atoms with Crippen LogP contribution in [0.25, 0.3) is 0 Å². The Balaban J connectivity index is 2.19. The van der Waals surface area contributed by atoms with Crippen molar-refractivity contribution >= 4 is 23.6 Å². The second kappa shape index (κ2) is 8.28. The Hall–Kier alpha value is -1.89. The molecule has 0 unspecified atom stereocenters. The smallest absolute Gasteiger partial charge is 0.239 e. The van der Waals surface area contributed by atoms with Gasteiger partial charge in [-0.3, -0.25) is 9.59 Å². The Labute approximate surface area is 146 Å². The van der Waals surface area contributed by atoms with Crippen molar-refractivity contribution in [3.05, 3.63) is 23.8 Å². The number of amides is 2. The van der Waals surface area contributed by atoms with Gasteiger partial charge in [0.25, 0.3) is 0 Å². The first-order chi connectivity index (χ1) is 11.5. The van der Waals surface area contributed by atoms with Gasteiger partial charge in [0.2, 0.25) is 11.8 Å². The third-order valence-electron chi connectivity index (χ3n) is 3.69. The molecule has 7 heteroatoms. The number of hydrogen-bond donors (Lipinski definition) is 1. The molecule has 0 aliphatic carbocycles. The molecule has 0 spiro atoms. The van der Waals surface area contributed by atoms with E-state index in [0.29, 0.717) is 29.7 Å². The summed E-state index contributed by atoms with van der Waals surface area (Å²) < 4.78 is 10.7. The number of carbonyl (C=O) groups excluding carboxylic acids is 2. The molecule has 24 heavy (non-hydrogen) atoms. The lowest BCUT2D eigenvalue weighted by atomic mass is 10.1. The molecule has 0 saturated carbocycles. The molecule has 1 fully saturated rings. The van der Waals surface area contributed by atoms with E-state index in [9.17, 15) is 9.59 Å². The predicted octanol–water partition coefficient (Wildman–Crippen LogP) is 2.05. The summed E-state index contributed by atoms with van der Waals surface area (Å²) in [7, 11) is 3.18. The van der Waals surface area contributed by atoms with Gasteiger partial charge >= 0.3 is 0 Å². The fourth-order valence-corrected chi connectivity index (χ4v) is 3.65. The maximum atomic E-state index is 12.2. The van der Waals surface area contributed by atoms with E-state index in [2.05, 4.69) is 5.32 Å². The van der Waals surface area contributed by atoms with E-state index in [0.717, 1.165) is 5.56 Å². The van der Waals surface area contributed by atoms with Gasteiger partial charge in [-0.1, -0.05) is 13.8 Å². The molecule has 1 heterocycles. The minimum absolute atomic E-state index is 0.0452. The van der Waals surface area contributed by atoms with E-state index in [1.807, 2.05) is 32.0 Å². The Morgan fingerprint density at radius 2 is 2.12 bits per heavy atom. The highest BCUT2D eigenvalue weighted by atomic mass is 32.2. The van der Waals surface area contributed by atoms with Crippen LogP contribution in [0, 0.1) is 5.92 Å². The quantitative estimate of drug-likeness (QED) is 0.813. The molecular formula is C17H24N2O4S. The van der Waals surface area contributed by atoms with Crippen LogP contribution in [-0.2, 0) is 9.59 Å². The second-order valence-electron chi connectivity index (χ2n) is 5.99. The third-order valence-corrected chi connectivity index (χ3v) is 4.93. The summed E-state index contributed by atoms with van der Waals surface area (Å²) in [6.07, 6.45) is 0. The van der Waals surface area contributed by atoms with Crippen LogP contribution in [0.2, 0.25) is 0 Å². The van der Waals surface area contributed by atoms with Crippen LogP contribution in [0.3, 0.4) is 0 Å². The van der Waals surface area contributed by atoms with Gasteiger partial charge < -0.3 is 19.7 Å². The van der Waals surface area contributed by atoms with Gasteiger partial charge in [-0.2, -0.15) is 0 Å². The highest BCUT2D eigenvalue weighted by molar-refractivity contribution is 8.00. The van der Waals surface area contributed by atoms with Gasteiger partial charge in [-0.15, -0.1) is 11.8 Å². The minimum Gasteiger partial charge on any atom is -0.497 e. The van der Waals surface area contributed by atoms with Crippen molar-refractivity contribution < 1.29 is 19.1 Å². The number of ether oxygens (including phenoxy) is 2. The first-order valence-corrected chi connectivity index (χ1v) is 8.90. The highest BCUT2D eigenvalue weighted by Crippen LogP contribution is 2.43. The van der Waals surface area contributed by atoms with Crippen molar-refractivity contribution in [2.75, 3.05) is 33.1 Å². The van der Waals surface area contributed by atoms with E-state index < -0.39 is 0 Å². The summed E-state index contributed by atoms with van der Waals surface area (Å²) in [4.78, 5) is 26.0. The van der Waals surface area contributed by atoms with Crippen molar-refractivity contribution in [2.45, 2.75) is 19.2 Å². The first kappa shape index (κ1) is 18.4. The molecule has 0 radical (unpaired) electrons. The summed E-state index contributed by atoms with van der Waals surface area (Å²) in [5.74, 6) is 1.89. The fourth-order valence-electron chi connectivity index (χ4n) is 2.44. The van der Waals surface area contributed by atoms with Crippen LogP contribution in [0.1, 0.15) is 24.8 Å². The van der Waals surface area contributed by atoms with E-state index in [4.69, 9.17) is 9.47 Å². The molecule has 1 aromatic rings. The Bertz CT molecular complexity index is 606. The Morgan fingerprint density at radius 3 is 2.75 bits per heavy atom. The molecule has 1 N–H and O–H groups in total. The molecule has 1 saturated heterocycles. The number of thioether (sulfide) groups is 1. The number of carbonyl (C=O) groups is 2. The van der Waals surface area contributed by atoms with Crippen LogP contribution < -0.4 is 14.8 Å². The monoisotopic (exact) mass is 352 g/mol. The second-order valence-corrected chi connectivity index (χ2v) is 7.06. The zero-order chi connectivity index (χ0) is 17.7. The number of benzene rings is 1. The van der Waals surface area contributed by atoms with Gasteiger partial charge in [0, 0.05) is 12.1 Å². The van der Waals surface area contributed by atoms with Crippen molar-refractivity contribution in [2.24, 2.45) is 5.92 Å². The molecule has 0 aromatic heterocycles. The minimum atomic E-state index is -0.257. The molecule has 2 rings (SSSR count). The average Bonchev–Trinajstić information content (AvgIpc) is 2.93. The van der Waals surface area contributed by atoms with Crippen LogP contribution in [-0.4, -0.2) is 49.8 Å². The molecule has 1 aliphatic rings. The first-order valence-electron chi connectivity index (χ1n) is 7.86. The zero-order valence-electron chi connectivity index (χ0n) is 14.5. The molecule has 132 valence electrons. The molecule has 2 amide bonds. The SMILES string of the molecule is COc1ccc(OC)c([C@@H]2SCC(=O)N2CC(=O)NCC(C)C)c1. The Kier molecular flexibility index (Phi) is 6.36. The molecule has 6 nitrogen and oxygen atoms in total. The summed E-state index contributed by atoms with van der Waals surface area (Å²) in [6.45, 7) is 4.70. The van der Waals surface area contributed by atoms with E-state index in [1.165, 1.54) is 11.8 Å². The standard InChI is InChI=1S/C17H24N2O4S/c1-11(2)8-18-15(20)9-19-16(21)10-24-17(19)13-7-12(22-3)5-6-14(13)23-4/h5-7,11,17H,8-10H2,1-4H3,(H,18,20)/t17-/m0/s1. The molecule has 1 aromatic carbocycles. The third kappa shape index (κ3) is 4.35. The van der Waals surface area contributed by atoms with Crippen molar-refractivity contribution in [1.82, 2.24) is 10.2 Å². The van der Waals surface area contributed by atoms with Crippen LogP contribution in [0.4, 0.5) is 0 Å². The summed E-state index contributed by atoms with van der Waals surface area (Å²) in [5, 5.41) is 2.60. The number of methoxy groups -OCH3 is 2. The molecule has 1 atom stereocenters. The van der Waals surface area contributed by atoms with E-state index >= 15 is 0 Å². The van der Waals surface area contributed by atoms with Gasteiger partial charge in [0.15, 0.2) is 0 Å². The highest BCUT2D eigenvalue weighted by Gasteiger charge is 2.36.